The molecule has 2 heterocycles. The maximum Gasteiger partial charge on any atom is 0.123 e. The summed E-state index contributed by atoms with van der Waals surface area (Å²) in [6.45, 7) is 6.00. The van der Waals surface area contributed by atoms with Crippen LogP contribution in [0.25, 0.3) is 6.08 Å². The first-order chi connectivity index (χ1) is 10.3. The fourth-order valence-electron chi connectivity index (χ4n) is 3.51. The molecular formula is C18H25FN2. The number of hydrogen-bond donors (Lipinski definition) is 0. The summed E-state index contributed by atoms with van der Waals surface area (Å²) in [6.07, 6.45) is 9.73. The van der Waals surface area contributed by atoms with Gasteiger partial charge in [0.1, 0.15) is 5.82 Å². The Kier molecular flexibility index (Phi) is 5.04. The average Bonchev–Trinajstić information content (AvgIpc) is 3.04. The molecule has 0 aromatic heterocycles. The smallest absolute Gasteiger partial charge is 0.123 e. The van der Waals surface area contributed by atoms with E-state index in [-0.39, 0.29) is 5.82 Å². The highest BCUT2D eigenvalue weighted by atomic mass is 19.1. The van der Waals surface area contributed by atoms with Crippen LogP contribution in [0.1, 0.15) is 31.2 Å². The summed E-state index contributed by atoms with van der Waals surface area (Å²) in [7, 11) is 0. The number of nitrogens with zero attached hydrogens (tertiary/aromatic N) is 2. The van der Waals surface area contributed by atoms with E-state index in [0.717, 1.165) is 18.2 Å². The predicted molar refractivity (Wildman–Crippen MR) is 85.7 cm³/mol. The Morgan fingerprint density at radius 1 is 1.05 bits per heavy atom. The lowest BCUT2D eigenvalue weighted by Crippen LogP contribution is -2.46. The SMILES string of the molecule is Fc1ccc(/C=C/CN2CCCC(N3CCCC3)C2)cc1. The van der Waals surface area contributed by atoms with Gasteiger partial charge in [-0.15, -0.1) is 0 Å². The Labute approximate surface area is 127 Å². The Morgan fingerprint density at radius 3 is 2.57 bits per heavy atom. The fourth-order valence-corrected chi connectivity index (χ4v) is 3.51. The normalized spacial score (nSPS) is 24.9. The van der Waals surface area contributed by atoms with E-state index in [2.05, 4.69) is 22.0 Å². The van der Waals surface area contributed by atoms with Crippen LogP contribution in [0, 0.1) is 5.82 Å². The maximum atomic E-state index is 12.9. The van der Waals surface area contributed by atoms with E-state index < -0.39 is 0 Å². The molecule has 0 spiro atoms. The van der Waals surface area contributed by atoms with Crippen LogP contribution in [0.2, 0.25) is 0 Å². The van der Waals surface area contributed by atoms with Crippen molar-refractivity contribution in [3.8, 4) is 0 Å². The molecule has 1 atom stereocenters. The Bertz CT molecular complexity index is 463. The first-order valence-electron chi connectivity index (χ1n) is 8.20. The molecule has 2 fully saturated rings. The standard InChI is InChI=1S/C18H25FN2/c19-17-9-7-16(8-10-17)5-3-11-20-12-4-6-18(15-20)21-13-1-2-14-21/h3,5,7-10,18H,1-2,4,6,11-15H2/b5-3+. The summed E-state index contributed by atoms with van der Waals surface area (Å²) in [5.74, 6) is -0.170. The third-order valence-electron chi connectivity index (χ3n) is 4.68. The summed E-state index contributed by atoms with van der Waals surface area (Å²) >= 11 is 0. The molecule has 0 bridgehead atoms. The zero-order valence-electron chi connectivity index (χ0n) is 12.7. The fraction of sp³-hybridized carbons (Fsp3) is 0.556. The molecule has 3 rings (SSSR count). The molecule has 0 N–H and O–H groups in total. The largest absolute Gasteiger partial charge is 0.299 e. The van der Waals surface area contributed by atoms with Crippen LogP contribution in [0.4, 0.5) is 4.39 Å². The summed E-state index contributed by atoms with van der Waals surface area (Å²) in [5, 5.41) is 0. The van der Waals surface area contributed by atoms with Gasteiger partial charge >= 0.3 is 0 Å². The molecule has 1 unspecified atom stereocenters. The molecule has 0 saturated carbocycles. The van der Waals surface area contributed by atoms with Crippen molar-refractivity contribution in [2.45, 2.75) is 31.7 Å². The molecule has 0 aliphatic carbocycles. The highest BCUT2D eigenvalue weighted by Gasteiger charge is 2.26. The van der Waals surface area contributed by atoms with E-state index in [1.165, 1.54) is 64.0 Å². The van der Waals surface area contributed by atoms with Gasteiger partial charge in [0.25, 0.3) is 0 Å². The van der Waals surface area contributed by atoms with Crippen molar-refractivity contribution in [2.24, 2.45) is 0 Å². The van der Waals surface area contributed by atoms with E-state index >= 15 is 0 Å². The molecule has 0 radical (unpaired) electrons. The summed E-state index contributed by atoms with van der Waals surface area (Å²) in [6, 6.07) is 7.46. The van der Waals surface area contributed by atoms with E-state index in [1.807, 2.05) is 12.1 Å². The second-order valence-corrected chi connectivity index (χ2v) is 6.25. The van der Waals surface area contributed by atoms with Crippen molar-refractivity contribution in [3.63, 3.8) is 0 Å². The molecule has 2 aliphatic heterocycles. The topological polar surface area (TPSA) is 6.48 Å². The van der Waals surface area contributed by atoms with Gasteiger partial charge in [-0.3, -0.25) is 9.80 Å². The molecule has 0 amide bonds. The molecule has 1 aromatic rings. The molecule has 114 valence electrons. The van der Waals surface area contributed by atoms with Crippen molar-refractivity contribution >= 4 is 6.08 Å². The van der Waals surface area contributed by atoms with Crippen LogP contribution in [-0.4, -0.2) is 48.6 Å². The summed E-state index contributed by atoms with van der Waals surface area (Å²) in [4.78, 5) is 5.22. The molecule has 1 aromatic carbocycles. The van der Waals surface area contributed by atoms with Gasteiger partial charge in [0.15, 0.2) is 0 Å². The molecule has 2 aliphatic rings. The van der Waals surface area contributed by atoms with Gasteiger partial charge in [0, 0.05) is 19.1 Å². The van der Waals surface area contributed by atoms with Crippen LogP contribution < -0.4 is 0 Å². The second kappa shape index (κ2) is 7.19. The van der Waals surface area contributed by atoms with Crippen molar-refractivity contribution in [2.75, 3.05) is 32.7 Å². The van der Waals surface area contributed by atoms with Gasteiger partial charge < -0.3 is 0 Å². The number of rotatable bonds is 4. The molecule has 2 nitrogen and oxygen atoms in total. The lowest BCUT2D eigenvalue weighted by atomic mass is 10.0. The lowest BCUT2D eigenvalue weighted by molar-refractivity contribution is 0.124. The van der Waals surface area contributed by atoms with E-state index in [1.54, 1.807) is 0 Å². The van der Waals surface area contributed by atoms with E-state index in [0.29, 0.717) is 0 Å². The van der Waals surface area contributed by atoms with Crippen molar-refractivity contribution in [1.82, 2.24) is 9.80 Å². The van der Waals surface area contributed by atoms with Gasteiger partial charge in [-0.1, -0.05) is 24.3 Å². The number of piperidine rings is 1. The maximum absolute atomic E-state index is 12.9. The molecule has 21 heavy (non-hydrogen) atoms. The number of halogens is 1. The lowest BCUT2D eigenvalue weighted by Gasteiger charge is -2.37. The first kappa shape index (κ1) is 14.7. The minimum absolute atomic E-state index is 0.170. The minimum atomic E-state index is -0.170. The van der Waals surface area contributed by atoms with Gasteiger partial charge in [-0.2, -0.15) is 0 Å². The van der Waals surface area contributed by atoms with Crippen LogP contribution in [0.3, 0.4) is 0 Å². The van der Waals surface area contributed by atoms with Crippen molar-refractivity contribution < 1.29 is 4.39 Å². The van der Waals surface area contributed by atoms with E-state index in [4.69, 9.17) is 0 Å². The van der Waals surface area contributed by atoms with Crippen LogP contribution >= 0.6 is 0 Å². The Hall–Kier alpha value is -1.19. The second-order valence-electron chi connectivity index (χ2n) is 6.25. The van der Waals surface area contributed by atoms with Crippen molar-refractivity contribution in [1.29, 1.82) is 0 Å². The van der Waals surface area contributed by atoms with Crippen LogP contribution in [0.15, 0.2) is 30.3 Å². The van der Waals surface area contributed by atoms with Crippen molar-refractivity contribution in [3.05, 3.63) is 41.7 Å². The third kappa shape index (κ3) is 4.14. The average molecular weight is 288 g/mol. The first-order valence-corrected chi connectivity index (χ1v) is 8.20. The highest BCUT2D eigenvalue weighted by molar-refractivity contribution is 5.48. The summed E-state index contributed by atoms with van der Waals surface area (Å²) < 4.78 is 12.9. The minimum Gasteiger partial charge on any atom is -0.299 e. The summed E-state index contributed by atoms with van der Waals surface area (Å²) in [5.41, 5.74) is 1.07. The Balaban J connectivity index is 1.49. The van der Waals surface area contributed by atoms with Gasteiger partial charge in [-0.05, 0) is 63.0 Å². The number of likely N-dealkylation sites (tertiary alicyclic amines) is 2. The number of benzene rings is 1. The zero-order chi connectivity index (χ0) is 14.5. The molecule has 2 saturated heterocycles. The quantitative estimate of drug-likeness (QED) is 0.838. The van der Waals surface area contributed by atoms with Gasteiger partial charge in [-0.25, -0.2) is 4.39 Å². The number of hydrogen-bond acceptors (Lipinski definition) is 2. The van der Waals surface area contributed by atoms with Gasteiger partial charge in [0.2, 0.25) is 0 Å². The third-order valence-corrected chi connectivity index (χ3v) is 4.68. The highest BCUT2D eigenvalue weighted by Crippen LogP contribution is 2.20. The monoisotopic (exact) mass is 288 g/mol. The predicted octanol–water partition coefficient (Wildman–Crippen LogP) is 3.40. The van der Waals surface area contributed by atoms with Crippen LogP contribution in [0.5, 0.6) is 0 Å². The van der Waals surface area contributed by atoms with Gasteiger partial charge in [0.05, 0.1) is 0 Å². The van der Waals surface area contributed by atoms with Crippen LogP contribution in [-0.2, 0) is 0 Å². The Morgan fingerprint density at radius 2 is 1.81 bits per heavy atom. The zero-order valence-corrected chi connectivity index (χ0v) is 12.7. The van der Waals surface area contributed by atoms with E-state index in [9.17, 15) is 4.39 Å². The molecular weight excluding hydrogens is 263 g/mol. The molecule has 3 heteroatoms.